The van der Waals surface area contributed by atoms with Gasteiger partial charge in [-0.1, -0.05) is 83.0 Å². The van der Waals surface area contributed by atoms with E-state index in [0.29, 0.717) is 11.5 Å². The zero-order valence-corrected chi connectivity index (χ0v) is 32.2. The largest absolute Gasteiger partial charge is 2.00 e. The van der Waals surface area contributed by atoms with Gasteiger partial charge in [0.2, 0.25) is 0 Å². The Labute approximate surface area is 310 Å². The number of ether oxygens (including phenoxy) is 1. The van der Waals surface area contributed by atoms with Crippen LogP contribution in [0.1, 0.15) is 75.2 Å². The van der Waals surface area contributed by atoms with Gasteiger partial charge >= 0.3 is 20.4 Å². The molecule has 0 spiro atoms. The number of fused-ring (bicyclic) bond motifs is 3. The van der Waals surface area contributed by atoms with Gasteiger partial charge in [0, 0.05) is 34.5 Å². The van der Waals surface area contributed by atoms with Gasteiger partial charge < -0.3 is 9.30 Å². The number of hydrogen-bond donors (Lipinski definition) is 0. The molecule has 256 valence electrons. The van der Waals surface area contributed by atoms with Crippen molar-refractivity contribution in [1.82, 2.24) is 19.3 Å². The standard InChI is InChI=1S/C44H44N4O.Pd/c1-27-20-21-45-40(24-27)47-38-17-12-11-16-34(38)35-19-18-33(26-39(35)47)49-32-15-13-14-31(25-32)48-30(4)41(29(3)46-48)42-36(43(5,6)7)22-28(2)23-37(42)44(8,9)10;/h11-24H,1-10H3;/q-2;+2. The number of aromatic nitrogens is 4. The van der Waals surface area contributed by atoms with Crippen LogP contribution in [0.25, 0.3) is 44.4 Å². The first-order chi connectivity index (χ1) is 23.2. The van der Waals surface area contributed by atoms with Crippen LogP contribution in [0.4, 0.5) is 0 Å². The fraction of sp³-hybridized carbons (Fsp3) is 0.273. The molecule has 4 aromatic carbocycles. The fourth-order valence-corrected chi connectivity index (χ4v) is 7.03. The van der Waals surface area contributed by atoms with E-state index in [0.717, 1.165) is 50.3 Å². The molecular formula is C44H44N4OPd. The normalized spacial score (nSPS) is 12.0. The molecule has 3 aromatic heterocycles. The third kappa shape index (κ3) is 6.32. The van der Waals surface area contributed by atoms with E-state index in [1.54, 1.807) is 0 Å². The Bertz CT molecular complexity index is 2350. The van der Waals surface area contributed by atoms with Crippen LogP contribution in [-0.2, 0) is 31.3 Å². The maximum absolute atomic E-state index is 6.48. The number of hydrogen-bond acceptors (Lipinski definition) is 3. The first-order valence-corrected chi connectivity index (χ1v) is 17.0. The summed E-state index contributed by atoms with van der Waals surface area (Å²) in [6.45, 7) is 22.4. The van der Waals surface area contributed by atoms with Crippen LogP contribution < -0.4 is 4.74 Å². The first-order valence-electron chi connectivity index (χ1n) is 17.0. The molecule has 0 N–H and O–H groups in total. The molecule has 50 heavy (non-hydrogen) atoms. The van der Waals surface area contributed by atoms with Crippen molar-refractivity contribution in [1.29, 1.82) is 0 Å². The summed E-state index contributed by atoms with van der Waals surface area (Å²) in [4.78, 5) is 4.71. The molecule has 7 rings (SSSR count). The van der Waals surface area contributed by atoms with Gasteiger partial charge in [-0.25, -0.2) is 4.98 Å². The summed E-state index contributed by atoms with van der Waals surface area (Å²) in [5, 5.41) is 7.35. The van der Waals surface area contributed by atoms with Crippen LogP contribution in [0.15, 0.2) is 85.1 Å². The summed E-state index contributed by atoms with van der Waals surface area (Å²) in [6, 6.07) is 34.3. The molecule has 3 heterocycles. The van der Waals surface area contributed by atoms with Gasteiger partial charge in [0.25, 0.3) is 0 Å². The SMILES string of the molecule is Cc1ccnc(-n2c3[c-]c(Oc4[c-]c(-n5nc(C)c(-c6c(C(C)(C)C)cc(C)cc6C(C)(C)C)c5C)ccc4)ccc3c3ccccc32)c1.[Pd+2]. The summed E-state index contributed by atoms with van der Waals surface area (Å²) in [5.41, 5.74) is 12.4. The van der Waals surface area contributed by atoms with Gasteiger partial charge in [-0.15, -0.1) is 35.7 Å². The van der Waals surface area contributed by atoms with Crippen LogP contribution in [0.3, 0.4) is 0 Å². The van der Waals surface area contributed by atoms with E-state index in [2.05, 4.69) is 134 Å². The summed E-state index contributed by atoms with van der Waals surface area (Å²) in [6.07, 6.45) is 1.85. The smallest absolute Gasteiger partial charge is 0.509 e. The van der Waals surface area contributed by atoms with Crippen molar-refractivity contribution in [2.75, 3.05) is 0 Å². The molecular weight excluding hydrogens is 707 g/mol. The number of pyridine rings is 1. The molecule has 0 saturated heterocycles. The second kappa shape index (κ2) is 13.0. The second-order valence-corrected chi connectivity index (χ2v) is 15.3. The van der Waals surface area contributed by atoms with Crippen molar-refractivity contribution >= 4 is 21.8 Å². The van der Waals surface area contributed by atoms with Gasteiger partial charge in [0.05, 0.1) is 5.69 Å². The van der Waals surface area contributed by atoms with E-state index in [4.69, 9.17) is 14.8 Å². The van der Waals surface area contributed by atoms with Gasteiger partial charge in [0.1, 0.15) is 5.82 Å². The molecule has 0 aliphatic carbocycles. The average molecular weight is 751 g/mol. The Morgan fingerprint density at radius 1 is 0.660 bits per heavy atom. The topological polar surface area (TPSA) is 44.9 Å². The van der Waals surface area contributed by atoms with Crippen LogP contribution in [0.5, 0.6) is 11.5 Å². The van der Waals surface area contributed by atoms with Crippen molar-refractivity contribution in [2.24, 2.45) is 0 Å². The minimum absolute atomic E-state index is 0. The molecule has 0 unspecified atom stereocenters. The number of aryl methyl sites for hydroxylation is 3. The van der Waals surface area contributed by atoms with E-state index < -0.39 is 0 Å². The molecule has 0 aliphatic rings. The summed E-state index contributed by atoms with van der Waals surface area (Å²) in [7, 11) is 0. The van der Waals surface area contributed by atoms with Gasteiger partial charge in [0.15, 0.2) is 0 Å². The number of nitrogens with zero attached hydrogens (tertiary/aromatic N) is 4. The van der Waals surface area contributed by atoms with Crippen molar-refractivity contribution in [3.8, 4) is 34.1 Å². The molecule has 0 radical (unpaired) electrons. The first kappa shape index (κ1) is 35.3. The third-order valence-electron chi connectivity index (χ3n) is 9.33. The summed E-state index contributed by atoms with van der Waals surface area (Å²) in [5.74, 6) is 2.06. The van der Waals surface area contributed by atoms with E-state index in [9.17, 15) is 0 Å². The summed E-state index contributed by atoms with van der Waals surface area (Å²) >= 11 is 0. The van der Waals surface area contributed by atoms with Crippen molar-refractivity contribution in [3.05, 3.63) is 131 Å². The van der Waals surface area contributed by atoms with Crippen LogP contribution in [-0.4, -0.2) is 19.3 Å². The number of para-hydroxylation sites is 1. The second-order valence-electron chi connectivity index (χ2n) is 15.3. The quantitative estimate of drug-likeness (QED) is 0.130. The maximum atomic E-state index is 6.48. The molecule has 5 nitrogen and oxygen atoms in total. The zero-order chi connectivity index (χ0) is 34.8. The van der Waals surface area contributed by atoms with Gasteiger partial charge in [-0.2, -0.15) is 17.2 Å². The molecule has 0 atom stereocenters. The Morgan fingerprint density at radius 3 is 2.02 bits per heavy atom. The average Bonchev–Trinajstić information content (AvgIpc) is 3.52. The Morgan fingerprint density at radius 2 is 1.34 bits per heavy atom. The van der Waals surface area contributed by atoms with Crippen LogP contribution in [0, 0.1) is 39.8 Å². The molecule has 6 heteroatoms. The fourth-order valence-electron chi connectivity index (χ4n) is 7.03. The molecule has 7 aromatic rings. The van der Waals surface area contributed by atoms with E-state index in [-0.39, 0.29) is 31.3 Å². The summed E-state index contributed by atoms with van der Waals surface area (Å²) < 4.78 is 10.6. The molecule has 0 bridgehead atoms. The molecule has 0 fully saturated rings. The van der Waals surface area contributed by atoms with E-state index in [1.165, 1.54) is 27.8 Å². The Balaban J connectivity index is 0.00000432. The predicted molar refractivity (Wildman–Crippen MR) is 202 cm³/mol. The van der Waals surface area contributed by atoms with E-state index >= 15 is 0 Å². The van der Waals surface area contributed by atoms with Crippen molar-refractivity contribution in [2.45, 2.75) is 80.1 Å². The minimum atomic E-state index is -0.0407. The molecule has 0 saturated carbocycles. The third-order valence-corrected chi connectivity index (χ3v) is 9.33. The van der Waals surface area contributed by atoms with Crippen molar-refractivity contribution < 1.29 is 25.2 Å². The minimum Gasteiger partial charge on any atom is -0.509 e. The van der Waals surface area contributed by atoms with Gasteiger partial charge in [-0.3, -0.25) is 4.68 Å². The Hall–Kier alpha value is -4.50. The van der Waals surface area contributed by atoms with Crippen molar-refractivity contribution in [3.63, 3.8) is 0 Å². The predicted octanol–water partition coefficient (Wildman–Crippen LogP) is 11.3. The number of rotatable bonds is 5. The number of benzene rings is 4. The van der Waals surface area contributed by atoms with E-state index in [1.807, 2.05) is 41.2 Å². The molecule has 0 aliphatic heterocycles. The van der Waals surface area contributed by atoms with Gasteiger partial charge in [-0.05, 0) is 90.1 Å². The van der Waals surface area contributed by atoms with Crippen LogP contribution in [0.2, 0.25) is 0 Å². The zero-order valence-electron chi connectivity index (χ0n) is 30.6. The van der Waals surface area contributed by atoms with Crippen LogP contribution >= 0.6 is 0 Å². The molecule has 0 amide bonds. The Kier molecular flexibility index (Phi) is 9.18. The maximum Gasteiger partial charge on any atom is 2.00 e. The monoisotopic (exact) mass is 750 g/mol.